The minimum Gasteiger partial charge on any atom is -0.509 e. The van der Waals surface area contributed by atoms with Crippen molar-refractivity contribution in [1.82, 2.24) is 0 Å². The molecule has 16 heavy (non-hydrogen) atoms. The predicted octanol–water partition coefficient (Wildman–Crippen LogP) is 1.61. The molecular formula is C11H13NO4. The van der Waals surface area contributed by atoms with Crippen LogP contribution in [0, 0.1) is 10.1 Å². The summed E-state index contributed by atoms with van der Waals surface area (Å²) in [6.45, 7) is 0.846. The molecule has 1 rings (SSSR count). The van der Waals surface area contributed by atoms with Crippen LogP contribution in [0.2, 0.25) is 0 Å². The van der Waals surface area contributed by atoms with Crippen LogP contribution in [-0.4, -0.2) is 27.8 Å². The highest BCUT2D eigenvalue weighted by atomic mass is 16.6. The largest absolute Gasteiger partial charge is 0.509 e. The lowest BCUT2D eigenvalue weighted by molar-refractivity contribution is -0.465. The minimum atomic E-state index is -1.12. The van der Waals surface area contributed by atoms with E-state index in [2.05, 4.69) is 0 Å². The molecule has 0 aliphatic carbocycles. The number of nitrogens with zero attached hydrogens (tertiary/aromatic N) is 1. The summed E-state index contributed by atoms with van der Waals surface area (Å²) >= 11 is 0. The molecule has 1 aromatic rings. The van der Waals surface area contributed by atoms with Crippen molar-refractivity contribution < 1.29 is 15.1 Å². The van der Waals surface area contributed by atoms with Gasteiger partial charge in [0.05, 0.1) is 5.57 Å². The first-order chi connectivity index (χ1) is 7.52. The highest BCUT2D eigenvalue weighted by Crippen LogP contribution is 2.19. The first-order valence-corrected chi connectivity index (χ1v) is 4.79. The van der Waals surface area contributed by atoms with Crippen LogP contribution < -0.4 is 0 Å². The zero-order valence-electron chi connectivity index (χ0n) is 8.83. The number of hydrogen-bond donors (Lipinski definition) is 2. The molecule has 0 saturated heterocycles. The smallest absolute Gasteiger partial charge is 0.232 e. The van der Waals surface area contributed by atoms with Gasteiger partial charge in [-0.25, -0.2) is 0 Å². The molecular weight excluding hydrogens is 210 g/mol. The molecule has 1 aromatic carbocycles. The Balaban J connectivity index is 3.16. The molecule has 2 N–H and O–H groups in total. The van der Waals surface area contributed by atoms with Crippen LogP contribution in [-0.2, 0) is 0 Å². The Bertz CT molecular complexity index is 398. The second kappa shape index (κ2) is 5.27. The topological polar surface area (TPSA) is 83.6 Å². The van der Waals surface area contributed by atoms with E-state index in [0.29, 0.717) is 5.56 Å². The van der Waals surface area contributed by atoms with Gasteiger partial charge in [0.1, 0.15) is 11.9 Å². The molecule has 0 saturated carbocycles. The SMILES string of the molecule is CC(O)/C(O)=C(/C[N+](=O)[O-])c1ccccc1. The lowest BCUT2D eigenvalue weighted by atomic mass is 10.0. The zero-order valence-corrected chi connectivity index (χ0v) is 8.83. The normalized spacial score (nSPS) is 14.1. The monoisotopic (exact) mass is 223 g/mol. The lowest BCUT2D eigenvalue weighted by Gasteiger charge is -2.09. The first kappa shape index (κ1) is 12.2. The molecule has 5 nitrogen and oxygen atoms in total. The summed E-state index contributed by atoms with van der Waals surface area (Å²) in [5, 5.41) is 29.3. The number of aliphatic hydroxyl groups is 2. The summed E-state index contributed by atoms with van der Waals surface area (Å²) in [6.07, 6.45) is -1.12. The fourth-order valence-corrected chi connectivity index (χ4v) is 1.34. The average Bonchev–Trinajstić information content (AvgIpc) is 2.26. The summed E-state index contributed by atoms with van der Waals surface area (Å²) in [5.74, 6) is -0.358. The van der Waals surface area contributed by atoms with Crippen molar-refractivity contribution in [2.24, 2.45) is 0 Å². The van der Waals surface area contributed by atoms with Crippen molar-refractivity contribution in [3.8, 4) is 0 Å². The summed E-state index contributed by atoms with van der Waals surface area (Å²) in [4.78, 5) is 9.95. The zero-order chi connectivity index (χ0) is 12.1. The predicted molar refractivity (Wildman–Crippen MR) is 59.5 cm³/mol. The number of aliphatic hydroxyl groups excluding tert-OH is 2. The van der Waals surface area contributed by atoms with E-state index < -0.39 is 17.6 Å². The van der Waals surface area contributed by atoms with Gasteiger partial charge >= 0.3 is 0 Å². The van der Waals surface area contributed by atoms with Gasteiger partial charge in [-0.1, -0.05) is 30.3 Å². The Morgan fingerprint density at radius 2 is 2.00 bits per heavy atom. The molecule has 5 heteroatoms. The van der Waals surface area contributed by atoms with E-state index in [-0.39, 0.29) is 11.3 Å². The van der Waals surface area contributed by atoms with Gasteiger partial charge in [0.2, 0.25) is 6.54 Å². The van der Waals surface area contributed by atoms with Crippen LogP contribution in [0.25, 0.3) is 5.57 Å². The number of rotatable bonds is 4. The maximum atomic E-state index is 10.5. The molecule has 0 spiro atoms. The highest BCUT2D eigenvalue weighted by molar-refractivity contribution is 5.68. The molecule has 0 aliphatic heterocycles. The van der Waals surface area contributed by atoms with Gasteiger partial charge in [-0.2, -0.15) is 0 Å². The summed E-state index contributed by atoms with van der Waals surface area (Å²) in [5.41, 5.74) is 0.679. The Morgan fingerprint density at radius 3 is 2.44 bits per heavy atom. The van der Waals surface area contributed by atoms with Crippen molar-refractivity contribution >= 4 is 5.57 Å². The molecule has 0 amide bonds. The highest BCUT2D eigenvalue weighted by Gasteiger charge is 2.17. The molecule has 0 aliphatic rings. The Hall–Kier alpha value is -1.88. The number of hydrogen-bond acceptors (Lipinski definition) is 4. The van der Waals surface area contributed by atoms with E-state index in [1.54, 1.807) is 30.3 Å². The molecule has 0 heterocycles. The van der Waals surface area contributed by atoms with Gasteiger partial charge in [-0.3, -0.25) is 10.1 Å². The van der Waals surface area contributed by atoms with E-state index in [1.165, 1.54) is 6.92 Å². The average molecular weight is 223 g/mol. The standard InChI is InChI=1S/C11H13NO4/c1-8(13)11(14)10(7-12(15)16)9-5-3-2-4-6-9/h2-6,8,13-14H,7H2,1H3/b11-10+. The van der Waals surface area contributed by atoms with Crippen molar-refractivity contribution in [1.29, 1.82) is 0 Å². The van der Waals surface area contributed by atoms with Crippen LogP contribution in [0.4, 0.5) is 0 Å². The van der Waals surface area contributed by atoms with Crippen molar-refractivity contribution in [2.45, 2.75) is 13.0 Å². The third-order valence-corrected chi connectivity index (χ3v) is 2.11. The van der Waals surface area contributed by atoms with Crippen molar-refractivity contribution in [3.05, 3.63) is 51.8 Å². The Labute approximate surface area is 92.8 Å². The summed E-state index contributed by atoms with van der Waals surface area (Å²) in [6, 6.07) is 8.50. The lowest BCUT2D eigenvalue weighted by Crippen LogP contribution is -2.12. The van der Waals surface area contributed by atoms with E-state index >= 15 is 0 Å². The van der Waals surface area contributed by atoms with Crippen LogP contribution in [0.3, 0.4) is 0 Å². The molecule has 1 atom stereocenters. The van der Waals surface area contributed by atoms with Crippen LogP contribution in [0.5, 0.6) is 0 Å². The number of benzene rings is 1. The van der Waals surface area contributed by atoms with Crippen LogP contribution >= 0.6 is 0 Å². The van der Waals surface area contributed by atoms with E-state index in [4.69, 9.17) is 0 Å². The van der Waals surface area contributed by atoms with Gasteiger partial charge in [0, 0.05) is 4.92 Å². The van der Waals surface area contributed by atoms with Gasteiger partial charge in [-0.05, 0) is 12.5 Å². The number of nitro groups is 1. The maximum absolute atomic E-state index is 10.5. The molecule has 0 aromatic heterocycles. The fourth-order valence-electron chi connectivity index (χ4n) is 1.34. The summed E-state index contributed by atoms with van der Waals surface area (Å²) < 4.78 is 0. The first-order valence-electron chi connectivity index (χ1n) is 4.79. The van der Waals surface area contributed by atoms with Crippen molar-refractivity contribution in [3.63, 3.8) is 0 Å². The summed E-state index contributed by atoms with van der Waals surface area (Å²) in [7, 11) is 0. The van der Waals surface area contributed by atoms with Crippen LogP contribution in [0.1, 0.15) is 12.5 Å². The van der Waals surface area contributed by atoms with E-state index in [9.17, 15) is 20.3 Å². The quantitative estimate of drug-likeness (QED) is 0.461. The molecule has 0 bridgehead atoms. The Morgan fingerprint density at radius 1 is 1.44 bits per heavy atom. The maximum Gasteiger partial charge on any atom is 0.232 e. The minimum absolute atomic E-state index is 0.139. The molecule has 0 fully saturated rings. The molecule has 1 unspecified atom stereocenters. The fraction of sp³-hybridized carbons (Fsp3) is 0.273. The second-order valence-corrected chi connectivity index (χ2v) is 3.40. The van der Waals surface area contributed by atoms with Crippen LogP contribution in [0.15, 0.2) is 36.1 Å². The van der Waals surface area contributed by atoms with Crippen molar-refractivity contribution in [2.75, 3.05) is 6.54 Å². The van der Waals surface area contributed by atoms with Gasteiger partial charge in [0.25, 0.3) is 0 Å². The van der Waals surface area contributed by atoms with Gasteiger partial charge < -0.3 is 10.2 Å². The van der Waals surface area contributed by atoms with E-state index in [0.717, 1.165) is 0 Å². The molecule has 86 valence electrons. The van der Waals surface area contributed by atoms with E-state index in [1.807, 2.05) is 0 Å². The second-order valence-electron chi connectivity index (χ2n) is 3.40. The van der Waals surface area contributed by atoms with Gasteiger partial charge in [0.15, 0.2) is 0 Å². The van der Waals surface area contributed by atoms with Gasteiger partial charge in [-0.15, -0.1) is 0 Å². The Kier molecular flexibility index (Phi) is 4.02. The third-order valence-electron chi connectivity index (χ3n) is 2.11. The third kappa shape index (κ3) is 3.06. The molecule has 0 radical (unpaired) electrons.